The summed E-state index contributed by atoms with van der Waals surface area (Å²) >= 11 is 5.89. The van der Waals surface area contributed by atoms with Gasteiger partial charge in [-0.3, -0.25) is 23.5 Å². The smallest absolute Gasteiger partial charge is 0.331 e. The molecule has 0 spiro atoms. The highest BCUT2D eigenvalue weighted by molar-refractivity contribution is 6.30. The molecule has 0 aliphatic heterocycles. The summed E-state index contributed by atoms with van der Waals surface area (Å²) in [6, 6.07) is 13.4. The Bertz CT molecular complexity index is 1300. The van der Waals surface area contributed by atoms with Crippen LogP contribution in [0.5, 0.6) is 0 Å². The molecule has 186 valence electrons. The van der Waals surface area contributed by atoms with E-state index in [2.05, 4.69) is 24.5 Å². The van der Waals surface area contributed by atoms with Crippen molar-refractivity contribution >= 4 is 40.0 Å². The lowest BCUT2D eigenvalue weighted by molar-refractivity contribution is -0.121. The normalized spacial score (nSPS) is 11.1. The van der Waals surface area contributed by atoms with Gasteiger partial charge < -0.3 is 10.6 Å². The Morgan fingerprint density at radius 1 is 0.943 bits per heavy atom. The number of halogens is 1. The Morgan fingerprint density at radius 2 is 1.66 bits per heavy atom. The van der Waals surface area contributed by atoms with Crippen LogP contribution in [0.1, 0.15) is 39.5 Å². The highest BCUT2D eigenvalue weighted by Crippen LogP contribution is 2.14. The SMILES string of the molecule is CC(C)CCNC(=O)CCCCn1c(=O)c2ccccc2n(CC(=O)Nc2ccc(Cl)cc2)c1=O. The first-order chi connectivity index (χ1) is 16.8. The molecule has 1 aromatic heterocycles. The second-order valence-corrected chi connectivity index (χ2v) is 9.32. The lowest BCUT2D eigenvalue weighted by Crippen LogP contribution is -2.41. The second-order valence-electron chi connectivity index (χ2n) is 8.89. The molecule has 0 saturated carbocycles. The first-order valence-electron chi connectivity index (χ1n) is 11.8. The van der Waals surface area contributed by atoms with Crippen LogP contribution in [-0.4, -0.2) is 27.5 Å². The molecule has 2 aromatic carbocycles. The number of carbonyl (C=O) groups is 2. The van der Waals surface area contributed by atoms with E-state index < -0.39 is 17.2 Å². The average Bonchev–Trinajstić information content (AvgIpc) is 2.82. The molecule has 2 amide bonds. The van der Waals surface area contributed by atoms with Crippen LogP contribution in [0.4, 0.5) is 5.69 Å². The first kappa shape index (κ1) is 26.2. The van der Waals surface area contributed by atoms with Crippen LogP contribution in [0.3, 0.4) is 0 Å². The average molecular weight is 499 g/mol. The van der Waals surface area contributed by atoms with E-state index in [1.807, 2.05) is 0 Å². The number of nitrogens with zero attached hydrogens (tertiary/aromatic N) is 2. The van der Waals surface area contributed by atoms with E-state index in [0.29, 0.717) is 53.3 Å². The number of carbonyl (C=O) groups excluding carboxylic acids is 2. The first-order valence-corrected chi connectivity index (χ1v) is 12.2. The fourth-order valence-corrected chi connectivity index (χ4v) is 3.87. The van der Waals surface area contributed by atoms with Crippen LogP contribution >= 0.6 is 11.6 Å². The molecule has 1 heterocycles. The summed E-state index contributed by atoms with van der Waals surface area (Å²) in [5.74, 6) is 0.0844. The molecule has 3 rings (SSSR count). The predicted octanol–water partition coefficient (Wildman–Crippen LogP) is 3.79. The minimum atomic E-state index is -0.554. The molecule has 0 unspecified atom stereocenters. The monoisotopic (exact) mass is 498 g/mol. The van der Waals surface area contributed by atoms with E-state index in [0.717, 1.165) is 11.0 Å². The third-order valence-electron chi connectivity index (χ3n) is 5.64. The minimum Gasteiger partial charge on any atom is -0.356 e. The summed E-state index contributed by atoms with van der Waals surface area (Å²) < 4.78 is 2.45. The van der Waals surface area contributed by atoms with Gasteiger partial charge in [0.2, 0.25) is 11.8 Å². The molecule has 0 aliphatic carbocycles. The van der Waals surface area contributed by atoms with Gasteiger partial charge in [-0.25, -0.2) is 4.79 Å². The van der Waals surface area contributed by atoms with Gasteiger partial charge in [0.15, 0.2) is 0 Å². The van der Waals surface area contributed by atoms with Crippen molar-refractivity contribution in [3.63, 3.8) is 0 Å². The number of unbranched alkanes of at least 4 members (excludes halogenated alkanes) is 1. The Morgan fingerprint density at radius 3 is 2.37 bits per heavy atom. The Hall–Kier alpha value is -3.39. The van der Waals surface area contributed by atoms with Crippen molar-refractivity contribution in [1.82, 2.24) is 14.5 Å². The van der Waals surface area contributed by atoms with Gasteiger partial charge in [-0.1, -0.05) is 37.6 Å². The van der Waals surface area contributed by atoms with Gasteiger partial charge in [0, 0.05) is 30.2 Å². The zero-order valence-electron chi connectivity index (χ0n) is 20.1. The molecule has 3 aromatic rings. The molecular weight excluding hydrogens is 468 g/mol. The minimum absolute atomic E-state index is 0.0345. The maximum absolute atomic E-state index is 13.2. The second kappa shape index (κ2) is 12.4. The van der Waals surface area contributed by atoms with E-state index in [1.54, 1.807) is 48.5 Å². The Labute approximate surface area is 208 Å². The largest absolute Gasteiger partial charge is 0.356 e. The number of rotatable bonds is 11. The number of fused-ring (bicyclic) bond motifs is 1. The molecule has 35 heavy (non-hydrogen) atoms. The number of anilines is 1. The fourth-order valence-electron chi connectivity index (χ4n) is 3.74. The van der Waals surface area contributed by atoms with Crippen molar-refractivity contribution in [3.05, 3.63) is 74.4 Å². The molecule has 0 saturated heterocycles. The van der Waals surface area contributed by atoms with Gasteiger partial charge in [-0.05, 0) is 61.6 Å². The number of nitrogens with one attached hydrogen (secondary N) is 2. The predicted molar refractivity (Wildman–Crippen MR) is 139 cm³/mol. The van der Waals surface area contributed by atoms with E-state index in [9.17, 15) is 19.2 Å². The summed E-state index contributed by atoms with van der Waals surface area (Å²) in [6.07, 6.45) is 2.28. The molecule has 0 fully saturated rings. The van der Waals surface area contributed by atoms with Gasteiger partial charge in [0.05, 0.1) is 10.9 Å². The quantitative estimate of drug-likeness (QED) is 0.393. The molecule has 2 N–H and O–H groups in total. The number of hydrogen-bond donors (Lipinski definition) is 2. The van der Waals surface area contributed by atoms with Crippen molar-refractivity contribution in [2.24, 2.45) is 5.92 Å². The van der Waals surface area contributed by atoms with Crippen molar-refractivity contribution in [1.29, 1.82) is 0 Å². The summed E-state index contributed by atoms with van der Waals surface area (Å²) in [4.78, 5) is 50.9. The molecule has 9 heteroatoms. The molecule has 8 nitrogen and oxygen atoms in total. The molecule has 0 radical (unpaired) electrons. The van der Waals surface area contributed by atoms with Crippen molar-refractivity contribution in [2.75, 3.05) is 11.9 Å². The van der Waals surface area contributed by atoms with Crippen molar-refractivity contribution in [2.45, 2.75) is 52.6 Å². The third-order valence-corrected chi connectivity index (χ3v) is 5.89. The molecule has 0 atom stereocenters. The third kappa shape index (κ3) is 7.29. The van der Waals surface area contributed by atoms with E-state index in [1.165, 1.54) is 4.57 Å². The van der Waals surface area contributed by atoms with Crippen LogP contribution in [0, 0.1) is 5.92 Å². The summed E-state index contributed by atoms with van der Waals surface area (Å²) in [6.45, 7) is 4.76. The standard InChI is InChI=1S/C26H31ClN4O4/c1-18(2)14-15-28-23(32)9-5-6-16-30-25(34)21-7-3-4-8-22(21)31(26(30)35)17-24(33)29-20-12-10-19(27)11-13-20/h3-4,7-8,10-13,18H,5-6,9,14-17H2,1-2H3,(H,28,32)(H,29,33). The maximum atomic E-state index is 13.2. The van der Waals surface area contributed by atoms with Gasteiger partial charge >= 0.3 is 5.69 Å². The lowest BCUT2D eigenvalue weighted by Gasteiger charge is -2.14. The molecule has 0 bridgehead atoms. The summed E-state index contributed by atoms with van der Waals surface area (Å²) in [5, 5.41) is 6.54. The summed E-state index contributed by atoms with van der Waals surface area (Å²) in [7, 11) is 0. The number of aromatic nitrogens is 2. The maximum Gasteiger partial charge on any atom is 0.331 e. The highest BCUT2D eigenvalue weighted by atomic mass is 35.5. The van der Waals surface area contributed by atoms with Crippen LogP contribution in [0.25, 0.3) is 10.9 Å². The van der Waals surface area contributed by atoms with E-state index in [-0.39, 0.29) is 19.0 Å². The van der Waals surface area contributed by atoms with Crippen LogP contribution in [0.2, 0.25) is 5.02 Å². The van der Waals surface area contributed by atoms with Crippen LogP contribution in [0.15, 0.2) is 58.1 Å². The van der Waals surface area contributed by atoms with Gasteiger partial charge in [0.25, 0.3) is 5.56 Å². The number of benzene rings is 2. The molecule has 0 aliphatic rings. The Balaban J connectivity index is 1.72. The zero-order chi connectivity index (χ0) is 25.4. The lowest BCUT2D eigenvalue weighted by atomic mass is 10.1. The van der Waals surface area contributed by atoms with Crippen LogP contribution < -0.4 is 21.9 Å². The van der Waals surface area contributed by atoms with E-state index in [4.69, 9.17) is 11.6 Å². The molecular formula is C26H31ClN4O4. The van der Waals surface area contributed by atoms with Crippen LogP contribution in [-0.2, 0) is 22.7 Å². The Kier molecular flexibility index (Phi) is 9.25. The van der Waals surface area contributed by atoms with Gasteiger partial charge in [-0.15, -0.1) is 0 Å². The number of para-hydroxylation sites is 1. The van der Waals surface area contributed by atoms with Gasteiger partial charge in [0.1, 0.15) is 6.54 Å². The number of hydrogen-bond acceptors (Lipinski definition) is 4. The van der Waals surface area contributed by atoms with E-state index >= 15 is 0 Å². The zero-order valence-corrected chi connectivity index (χ0v) is 20.8. The van der Waals surface area contributed by atoms with Crippen molar-refractivity contribution < 1.29 is 9.59 Å². The van der Waals surface area contributed by atoms with Gasteiger partial charge in [-0.2, -0.15) is 0 Å². The number of amides is 2. The summed E-state index contributed by atoms with van der Waals surface area (Å²) in [5.41, 5.74) is -0.00558. The van der Waals surface area contributed by atoms with Crippen molar-refractivity contribution in [3.8, 4) is 0 Å². The fraction of sp³-hybridized carbons (Fsp3) is 0.385. The topological polar surface area (TPSA) is 102 Å². The highest BCUT2D eigenvalue weighted by Gasteiger charge is 2.15.